The second-order valence-electron chi connectivity index (χ2n) is 5.37. The predicted octanol–water partition coefficient (Wildman–Crippen LogP) is 1.83. The van der Waals surface area contributed by atoms with Gasteiger partial charge in [0.25, 0.3) is 0 Å². The molecule has 0 aromatic rings. The van der Waals surface area contributed by atoms with E-state index >= 15 is 0 Å². The first-order chi connectivity index (χ1) is 9.47. The van der Waals surface area contributed by atoms with Gasteiger partial charge in [-0.15, -0.1) is 0 Å². The van der Waals surface area contributed by atoms with Crippen LogP contribution in [0, 0.1) is 11.8 Å². The number of ether oxygens (including phenoxy) is 2. The van der Waals surface area contributed by atoms with Crippen molar-refractivity contribution >= 4 is 11.9 Å². The Morgan fingerprint density at radius 2 is 2.15 bits per heavy atom. The van der Waals surface area contributed by atoms with Crippen LogP contribution >= 0.6 is 0 Å². The highest BCUT2D eigenvalue weighted by atomic mass is 16.6. The summed E-state index contributed by atoms with van der Waals surface area (Å²) in [5.74, 6) is -0.789. The molecule has 4 atom stereocenters. The lowest BCUT2D eigenvalue weighted by Gasteiger charge is -2.33. The third-order valence-electron chi connectivity index (χ3n) is 3.78. The number of carbonyl (C=O) groups is 2. The van der Waals surface area contributed by atoms with E-state index < -0.39 is 18.2 Å². The van der Waals surface area contributed by atoms with Gasteiger partial charge in [-0.2, -0.15) is 0 Å². The molecule has 1 saturated carbocycles. The molecular weight excluding hydrogens is 260 g/mol. The van der Waals surface area contributed by atoms with Crippen LogP contribution in [0.25, 0.3) is 0 Å². The summed E-state index contributed by atoms with van der Waals surface area (Å²) in [7, 11) is 0. The van der Waals surface area contributed by atoms with Crippen LogP contribution in [0.15, 0.2) is 12.7 Å². The summed E-state index contributed by atoms with van der Waals surface area (Å²) >= 11 is 0. The van der Waals surface area contributed by atoms with E-state index in [1.165, 1.54) is 0 Å². The topological polar surface area (TPSA) is 72.8 Å². The van der Waals surface area contributed by atoms with E-state index in [-0.39, 0.29) is 24.4 Å². The molecule has 1 aliphatic carbocycles. The average Bonchev–Trinajstić information content (AvgIpc) is 2.46. The number of carbonyl (C=O) groups excluding carboxylic acids is 2. The van der Waals surface area contributed by atoms with Gasteiger partial charge < -0.3 is 14.6 Å². The lowest BCUT2D eigenvalue weighted by atomic mass is 9.85. The van der Waals surface area contributed by atoms with E-state index in [4.69, 9.17) is 9.47 Å². The zero-order valence-corrected chi connectivity index (χ0v) is 12.2. The first kappa shape index (κ1) is 16.7. The van der Waals surface area contributed by atoms with E-state index in [2.05, 4.69) is 6.58 Å². The first-order valence-electron chi connectivity index (χ1n) is 7.15. The maximum Gasteiger partial charge on any atom is 0.330 e. The molecule has 0 aromatic carbocycles. The molecule has 4 unspecified atom stereocenters. The molecule has 0 aliphatic heterocycles. The van der Waals surface area contributed by atoms with E-state index in [1.54, 1.807) is 6.92 Å². The minimum atomic E-state index is -0.630. The zero-order valence-electron chi connectivity index (χ0n) is 12.2. The highest BCUT2D eigenvalue weighted by molar-refractivity contribution is 5.81. The van der Waals surface area contributed by atoms with Crippen LogP contribution < -0.4 is 0 Å². The highest BCUT2D eigenvalue weighted by Crippen LogP contribution is 2.28. The van der Waals surface area contributed by atoms with E-state index in [0.717, 1.165) is 12.5 Å². The fourth-order valence-corrected chi connectivity index (χ4v) is 2.16. The third-order valence-corrected chi connectivity index (χ3v) is 3.78. The van der Waals surface area contributed by atoms with Crippen molar-refractivity contribution in [1.29, 1.82) is 0 Å². The molecule has 0 heterocycles. The van der Waals surface area contributed by atoms with Crippen molar-refractivity contribution in [2.45, 2.75) is 51.7 Å². The van der Waals surface area contributed by atoms with Crippen LogP contribution in [0.1, 0.15) is 39.5 Å². The van der Waals surface area contributed by atoms with Gasteiger partial charge in [0.15, 0.2) is 0 Å². The van der Waals surface area contributed by atoms with Crippen LogP contribution in [-0.2, 0) is 19.1 Å². The Bertz CT molecular complexity index is 352. The van der Waals surface area contributed by atoms with Crippen molar-refractivity contribution in [2.24, 2.45) is 11.8 Å². The van der Waals surface area contributed by atoms with E-state index in [0.29, 0.717) is 19.3 Å². The standard InChI is InChI=1S/C15H24O5/c1-4-10(3)15(18)20-13-8-11(6-7-12(13)16)9-19-14(17)5-2/h5,10-13,16H,2,4,6-9H2,1,3H3. The summed E-state index contributed by atoms with van der Waals surface area (Å²) in [5, 5.41) is 9.91. The molecule has 0 amide bonds. The quantitative estimate of drug-likeness (QED) is 0.595. The van der Waals surface area contributed by atoms with Gasteiger partial charge in [0, 0.05) is 6.08 Å². The zero-order chi connectivity index (χ0) is 15.1. The normalized spacial score (nSPS) is 27.4. The summed E-state index contributed by atoms with van der Waals surface area (Å²) in [6.45, 7) is 7.33. The number of hydrogen-bond donors (Lipinski definition) is 1. The number of esters is 2. The summed E-state index contributed by atoms with van der Waals surface area (Å²) in [6, 6.07) is 0. The molecule has 0 spiro atoms. The smallest absolute Gasteiger partial charge is 0.330 e. The molecule has 20 heavy (non-hydrogen) atoms. The van der Waals surface area contributed by atoms with Gasteiger partial charge in [-0.3, -0.25) is 4.79 Å². The molecular formula is C15H24O5. The maximum absolute atomic E-state index is 11.8. The fraction of sp³-hybridized carbons (Fsp3) is 0.733. The van der Waals surface area contributed by atoms with E-state index in [9.17, 15) is 14.7 Å². The number of rotatable bonds is 6. The second kappa shape index (κ2) is 8.04. The Balaban J connectivity index is 2.47. The summed E-state index contributed by atoms with van der Waals surface area (Å²) < 4.78 is 10.4. The van der Waals surface area contributed by atoms with Gasteiger partial charge in [0.2, 0.25) is 0 Å². The van der Waals surface area contributed by atoms with Crippen molar-refractivity contribution in [3.05, 3.63) is 12.7 Å². The van der Waals surface area contributed by atoms with Crippen LogP contribution in [0.3, 0.4) is 0 Å². The summed E-state index contributed by atoms with van der Waals surface area (Å²) in [6.07, 6.45) is 2.53. The summed E-state index contributed by atoms with van der Waals surface area (Å²) in [4.78, 5) is 22.8. The van der Waals surface area contributed by atoms with Crippen molar-refractivity contribution in [3.63, 3.8) is 0 Å². The van der Waals surface area contributed by atoms with Gasteiger partial charge in [0.1, 0.15) is 6.10 Å². The van der Waals surface area contributed by atoms with Crippen LogP contribution in [0.5, 0.6) is 0 Å². The number of aliphatic hydroxyl groups is 1. The van der Waals surface area contributed by atoms with E-state index in [1.807, 2.05) is 6.92 Å². The Labute approximate surface area is 119 Å². The largest absolute Gasteiger partial charge is 0.462 e. The van der Waals surface area contributed by atoms with Gasteiger partial charge in [-0.05, 0) is 31.6 Å². The molecule has 1 N–H and O–H groups in total. The molecule has 1 aliphatic rings. The van der Waals surface area contributed by atoms with Crippen LogP contribution in [-0.4, -0.2) is 35.9 Å². The van der Waals surface area contributed by atoms with Crippen LogP contribution in [0.2, 0.25) is 0 Å². The van der Waals surface area contributed by atoms with Gasteiger partial charge >= 0.3 is 11.9 Å². The second-order valence-corrected chi connectivity index (χ2v) is 5.37. The fourth-order valence-electron chi connectivity index (χ4n) is 2.16. The average molecular weight is 284 g/mol. The van der Waals surface area contributed by atoms with Gasteiger partial charge in [0.05, 0.1) is 18.6 Å². The molecule has 1 rings (SSSR count). The molecule has 0 aromatic heterocycles. The Morgan fingerprint density at radius 1 is 1.45 bits per heavy atom. The molecule has 114 valence electrons. The third kappa shape index (κ3) is 4.96. The van der Waals surface area contributed by atoms with Crippen molar-refractivity contribution < 1.29 is 24.2 Å². The Morgan fingerprint density at radius 3 is 2.75 bits per heavy atom. The molecule has 1 fully saturated rings. The number of aliphatic hydroxyl groups excluding tert-OH is 1. The highest BCUT2D eigenvalue weighted by Gasteiger charge is 2.33. The lowest BCUT2D eigenvalue weighted by molar-refractivity contribution is -0.165. The summed E-state index contributed by atoms with van der Waals surface area (Å²) in [5.41, 5.74) is 0. The molecule has 0 radical (unpaired) electrons. The first-order valence-corrected chi connectivity index (χ1v) is 7.15. The predicted molar refractivity (Wildman–Crippen MR) is 73.8 cm³/mol. The maximum atomic E-state index is 11.8. The minimum absolute atomic E-state index is 0.108. The van der Waals surface area contributed by atoms with Gasteiger partial charge in [-0.1, -0.05) is 20.4 Å². The Kier molecular flexibility index (Phi) is 6.71. The molecule has 0 saturated heterocycles. The van der Waals surface area contributed by atoms with Crippen molar-refractivity contribution in [2.75, 3.05) is 6.61 Å². The van der Waals surface area contributed by atoms with Crippen LogP contribution in [0.4, 0.5) is 0 Å². The molecule has 0 bridgehead atoms. The van der Waals surface area contributed by atoms with Crippen molar-refractivity contribution in [1.82, 2.24) is 0 Å². The SMILES string of the molecule is C=CC(=O)OCC1CCC(O)C(OC(=O)C(C)CC)C1. The van der Waals surface area contributed by atoms with Gasteiger partial charge in [-0.25, -0.2) is 4.79 Å². The molecule has 5 nitrogen and oxygen atoms in total. The van der Waals surface area contributed by atoms with Crippen molar-refractivity contribution in [3.8, 4) is 0 Å². The molecule has 5 heteroatoms. The monoisotopic (exact) mass is 284 g/mol. The lowest BCUT2D eigenvalue weighted by Crippen LogP contribution is -2.39. The minimum Gasteiger partial charge on any atom is -0.462 e. The number of hydrogen-bond acceptors (Lipinski definition) is 5. The Hall–Kier alpha value is -1.36.